The summed E-state index contributed by atoms with van der Waals surface area (Å²) in [6.45, 7) is 9.36. The highest BCUT2D eigenvalue weighted by Gasteiger charge is 2.00. The van der Waals surface area contributed by atoms with Crippen molar-refractivity contribution < 1.29 is 0 Å². The van der Waals surface area contributed by atoms with Gasteiger partial charge in [-0.25, -0.2) is 0 Å². The fourth-order valence-electron chi connectivity index (χ4n) is 4.44. The van der Waals surface area contributed by atoms with Crippen LogP contribution in [0.4, 0.5) is 0 Å². The Bertz CT molecular complexity index is 346. The minimum atomic E-state index is 1.22. The average molecular weight is 436 g/mol. The first-order chi connectivity index (χ1) is 15.3. The smallest absolute Gasteiger partial charge is 0.00489 e. The van der Waals surface area contributed by atoms with E-state index in [-0.39, 0.29) is 0 Å². The number of unbranched alkanes of at least 4 members (excludes halogenated alkanes) is 17. The molecule has 0 aliphatic carbocycles. The summed E-state index contributed by atoms with van der Waals surface area (Å²) in [5.41, 5.74) is 1.77. The second kappa shape index (κ2) is 27.7. The first kappa shape index (κ1) is 30.7. The molecule has 0 heterocycles. The van der Waals surface area contributed by atoms with E-state index in [4.69, 9.17) is 0 Å². The van der Waals surface area contributed by atoms with Gasteiger partial charge in [0.2, 0.25) is 0 Å². The number of nitrogens with one attached hydrogen (secondary N) is 1. The Balaban J connectivity index is 3.66. The SMILES string of the molecule is CCCC/C=C(\CCCCCCCCCCCC)CCCCCNCCCCCCC. The van der Waals surface area contributed by atoms with Crippen molar-refractivity contribution in [2.45, 2.75) is 168 Å². The van der Waals surface area contributed by atoms with Crippen molar-refractivity contribution in [3.8, 4) is 0 Å². The molecule has 1 heteroatoms. The van der Waals surface area contributed by atoms with Crippen molar-refractivity contribution in [1.82, 2.24) is 5.32 Å². The summed E-state index contributed by atoms with van der Waals surface area (Å²) in [5.74, 6) is 0. The molecule has 0 saturated heterocycles. The first-order valence-electron chi connectivity index (χ1n) is 14.7. The van der Waals surface area contributed by atoms with E-state index in [1.807, 2.05) is 0 Å². The van der Waals surface area contributed by atoms with E-state index in [1.165, 1.54) is 161 Å². The molecular formula is C30H61N. The third kappa shape index (κ3) is 25.8. The lowest BCUT2D eigenvalue weighted by molar-refractivity contribution is 0.548. The summed E-state index contributed by atoms with van der Waals surface area (Å²) in [6, 6.07) is 0. The fraction of sp³-hybridized carbons (Fsp3) is 0.933. The third-order valence-electron chi connectivity index (χ3n) is 6.65. The monoisotopic (exact) mass is 435 g/mol. The van der Waals surface area contributed by atoms with Crippen LogP contribution in [-0.2, 0) is 0 Å². The highest BCUT2D eigenvalue weighted by Crippen LogP contribution is 2.19. The molecule has 0 rings (SSSR count). The van der Waals surface area contributed by atoms with Crippen LogP contribution in [0.25, 0.3) is 0 Å². The molecule has 0 fully saturated rings. The van der Waals surface area contributed by atoms with Crippen LogP contribution in [0.1, 0.15) is 168 Å². The van der Waals surface area contributed by atoms with Gasteiger partial charge >= 0.3 is 0 Å². The summed E-state index contributed by atoms with van der Waals surface area (Å²) >= 11 is 0. The summed E-state index contributed by atoms with van der Waals surface area (Å²) in [6.07, 6.45) is 34.9. The molecule has 0 saturated carbocycles. The van der Waals surface area contributed by atoms with Gasteiger partial charge in [-0.05, 0) is 58.0 Å². The maximum Gasteiger partial charge on any atom is -0.00489 e. The summed E-state index contributed by atoms with van der Waals surface area (Å²) in [4.78, 5) is 0. The molecule has 31 heavy (non-hydrogen) atoms. The lowest BCUT2D eigenvalue weighted by Gasteiger charge is -2.09. The Kier molecular flexibility index (Phi) is 27.5. The number of allylic oxidation sites excluding steroid dienone is 2. The highest BCUT2D eigenvalue weighted by molar-refractivity contribution is 5.01. The van der Waals surface area contributed by atoms with Gasteiger partial charge in [0.15, 0.2) is 0 Å². The van der Waals surface area contributed by atoms with Crippen LogP contribution in [0, 0.1) is 0 Å². The van der Waals surface area contributed by atoms with E-state index in [2.05, 4.69) is 32.2 Å². The van der Waals surface area contributed by atoms with Crippen LogP contribution in [-0.4, -0.2) is 13.1 Å². The molecule has 1 N–H and O–H groups in total. The van der Waals surface area contributed by atoms with E-state index in [9.17, 15) is 0 Å². The van der Waals surface area contributed by atoms with Crippen LogP contribution >= 0.6 is 0 Å². The van der Waals surface area contributed by atoms with Crippen molar-refractivity contribution in [3.05, 3.63) is 11.6 Å². The summed E-state index contributed by atoms with van der Waals surface area (Å²) in [7, 11) is 0. The molecule has 0 bridgehead atoms. The highest BCUT2D eigenvalue weighted by atomic mass is 14.8. The second-order valence-electron chi connectivity index (χ2n) is 9.91. The largest absolute Gasteiger partial charge is 0.317 e. The zero-order valence-electron chi connectivity index (χ0n) is 22.3. The van der Waals surface area contributed by atoms with Crippen molar-refractivity contribution >= 4 is 0 Å². The zero-order valence-corrected chi connectivity index (χ0v) is 22.3. The number of rotatable bonds is 26. The Morgan fingerprint density at radius 1 is 0.452 bits per heavy atom. The minimum Gasteiger partial charge on any atom is -0.317 e. The molecule has 0 unspecified atom stereocenters. The standard InChI is InChI=1S/C30H61N/c1-4-7-10-12-13-14-15-16-17-21-26-30(25-20-9-6-3)27-22-19-24-29-31-28-23-18-11-8-5-2/h25,31H,4-24,26-29H2,1-3H3/b30-25+. The Morgan fingerprint density at radius 2 is 0.839 bits per heavy atom. The molecule has 0 aliphatic heterocycles. The van der Waals surface area contributed by atoms with Gasteiger partial charge in [-0.2, -0.15) is 0 Å². The normalized spacial score (nSPS) is 12.0. The molecule has 0 amide bonds. The molecule has 0 atom stereocenters. The van der Waals surface area contributed by atoms with Crippen LogP contribution in [0.15, 0.2) is 11.6 Å². The summed E-state index contributed by atoms with van der Waals surface area (Å²) < 4.78 is 0. The van der Waals surface area contributed by atoms with Gasteiger partial charge in [-0.1, -0.05) is 135 Å². The Morgan fingerprint density at radius 3 is 1.32 bits per heavy atom. The van der Waals surface area contributed by atoms with Gasteiger partial charge in [-0.15, -0.1) is 0 Å². The van der Waals surface area contributed by atoms with Crippen LogP contribution in [0.5, 0.6) is 0 Å². The molecule has 0 aromatic heterocycles. The molecular weight excluding hydrogens is 374 g/mol. The van der Waals surface area contributed by atoms with E-state index in [0.29, 0.717) is 0 Å². The molecule has 1 nitrogen and oxygen atoms in total. The second-order valence-corrected chi connectivity index (χ2v) is 9.91. The van der Waals surface area contributed by atoms with Crippen LogP contribution in [0.3, 0.4) is 0 Å². The van der Waals surface area contributed by atoms with Gasteiger partial charge < -0.3 is 5.32 Å². The zero-order chi connectivity index (χ0) is 22.7. The van der Waals surface area contributed by atoms with Gasteiger partial charge in [0.05, 0.1) is 0 Å². The third-order valence-corrected chi connectivity index (χ3v) is 6.65. The van der Waals surface area contributed by atoms with Crippen molar-refractivity contribution in [1.29, 1.82) is 0 Å². The van der Waals surface area contributed by atoms with Crippen molar-refractivity contribution in [3.63, 3.8) is 0 Å². The molecule has 0 aromatic carbocycles. The molecule has 0 aliphatic rings. The maximum absolute atomic E-state index is 3.65. The maximum atomic E-state index is 3.65. The molecule has 186 valence electrons. The molecule has 0 spiro atoms. The van der Waals surface area contributed by atoms with E-state index in [1.54, 1.807) is 5.57 Å². The van der Waals surface area contributed by atoms with E-state index < -0.39 is 0 Å². The van der Waals surface area contributed by atoms with Crippen LogP contribution in [0.2, 0.25) is 0 Å². The van der Waals surface area contributed by atoms with Gasteiger partial charge in [0.1, 0.15) is 0 Å². The lowest BCUT2D eigenvalue weighted by Crippen LogP contribution is -2.16. The average Bonchev–Trinajstić information content (AvgIpc) is 2.78. The van der Waals surface area contributed by atoms with Gasteiger partial charge in [0.25, 0.3) is 0 Å². The molecule has 0 aromatic rings. The van der Waals surface area contributed by atoms with Gasteiger partial charge in [0, 0.05) is 0 Å². The predicted molar refractivity (Wildman–Crippen MR) is 144 cm³/mol. The fourth-order valence-corrected chi connectivity index (χ4v) is 4.44. The van der Waals surface area contributed by atoms with Crippen molar-refractivity contribution in [2.24, 2.45) is 0 Å². The van der Waals surface area contributed by atoms with Crippen LogP contribution < -0.4 is 5.32 Å². The van der Waals surface area contributed by atoms with Crippen molar-refractivity contribution in [2.75, 3.05) is 13.1 Å². The quantitative estimate of drug-likeness (QED) is 0.105. The Labute approximate surface area is 198 Å². The minimum absolute atomic E-state index is 1.22. The lowest BCUT2D eigenvalue weighted by atomic mass is 9.98. The predicted octanol–water partition coefficient (Wildman–Crippen LogP) is 10.5. The summed E-state index contributed by atoms with van der Waals surface area (Å²) in [5, 5.41) is 3.65. The number of hydrogen-bond donors (Lipinski definition) is 1. The first-order valence-corrected chi connectivity index (χ1v) is 14.7. The topological polar surface area (TPSA) is 12.0 Å². The van der Waals surface area contributed by atoms with E-state index >= 15 is 0 Å². The van der Waals surface area contributed by atoms with E-state index in [0.717, 1.165) is 0 Å². The van der Waals surface area contributed by atoms with Gasteiger partial charge in [-0.3, -0.25) is 0 Å². The Hall–Kier alpha value is -0.300. The number of hydrogen-bond acceptors (Lipinski definition) is 1. The molecule has 0 radical (unpaired) electrons.